The van der Waals surface area contributed by atoms with E-state index in [0.717, 1.165) is 16.9 Å². The maximum absolute atomic E-state index is 12.6. The van der Waals surface area contributed by atoms with Gasteiger partial charge in [-0.2, -0.15) is 5.26 Å². The lowest BCUT2D eigenvalue weighted by Gasteiger charge is -2.13. The monoisotopic (exact) mass is 357 g/mol. The molecule has 3 rings (SSSR count). The topological polar surface area (TPSA) is 90.7 Å². The Bertz CT molecular complexity index is 990. The molecule has 0 fully saturated rings. The second kappa shape index (κ2) is 8.11. The number of hydrogen-bond acceptors (Lipinski definition) is 5. The van der Waals surface area contributed by atoms with Crippen LogP contribution in [0, 0.1) is 11.3 Å². The van der Waals surface area contributed by atoms with Crippen molar-refractivity contribution >= 4 is 23.2 Å². The Morgan fingerprint density at radius 2 is 1.81 bits per heavy atom. The molecule has 1 amide bonds. The van der Waals surface area contributed by atoms with Crippen molar-refractivity contribution in [2.24, 2.45) is 0 Å². The molecule has 2 N–H and O–H groups in total. The maximum Gasteiger partial charge on any atom is 0.274 e. The molecule has 2 aromatic carbocycles. The number of hydrogen-bond donors (Lipinski definition) is 2. The van der Waals surface area contributed by atoms with Crippen LogP contribution in [-0.2, 0) is 0 Å². The molecule has 0 bridgehead atoms. The van der Waals surface area contributed by atoms with Gasteiger partial charge in [0.1, 0.15) is 5.69 Å². The molecular formula is C21H19N5O. The lowest BCUT2D eigenvalue weighted by molar-refractivity contribution is 0.102. The highest BCUT2D eigenvalue weighted by molar-refractivity contribution is 6.03. The fourth-order valence-electron chi connectivity index (χ4n) is 2.60. The fourth-order valence-corrected chi connectivity index (χ4v) is 2.60. The number of anilines is 3. The molecule has 27 heavy (non-hydrogen) atoms. The molecule has 6 heteroatoms. The minimum Gasteiger partial charge on any atom is -0.324 e. The second-order valence-electron chi connectivity index (χ2n) is 6.28. The third-order valence-electron chi connectivity index (χ3n) is 3.99. The Balaban J connectivity index is 1.77. The fraction of sp³-hybridized carbons (Fsp3) is 0.143. The summed E-state index contributed by atoms with van der Waals surface area (Å²) in [5, 5.41) is 14.8. The molecule has 0 aliphatic carbocycles. The van der Waals surface area contributed by atoms with Crippen LogP contribution in [0.15, 0.2) is 60.8 Å². The van der Waals surface area contributed by atoms with Gasteiger partial charge in [-0.3, -0.25) is 4.79 Å². The lowest BCUT2D eigenvalue weighted by Crippen LogP contribution is -2.16. The lowest BCUT2D eigenvalue weighted by atomic mass is 10.0. The average molecular weight is 357 g/mol. The Kier molecular flexibility index (Phi) is 5.43. The van der Waals surface area contributed by atoms with Gasteiger partial charge < -0.3 is 10.6 Å². The van der Waals surface area contributed by atoms with Crippen LogP contribution in [0.4, 0.5) is 17.3 Å². The van der Waals surface area contributed by atoms with Gasteiger partial charge in [0.05, 0.1) is 11.6 Å². The van der Waals surface area contributed by atoms with Crippen LogP contribution in [-0.4, -0.2) is 15.9 Å². The molecule has 3 aromatic rings. The summed E-state index contributed by atoms with van der Waals surface area (Å²) < 4.78 is 0. The van der Waals surface area contributed by atoms with Gasteiger partial charge in [-0.25, -0.2) is 9.97 Å². The normalized spacial score (nSPS) is 10.3. The highest BCUT2D eigenvalue weighted by Crippen LogP contribution is 2.24. The summed E-state index contributed by atoms with van der Waals surface area (Å²) in [6.45, 7) is 4.16. The highest BCUT2D eigenvalue weighted by atomic mass is 16.1. The van der Waals surface area contributed by atoms with Crippen molar-refractivity contribution in [3.05, 3.63) is 77.6 Å². The molecule has 0 spiro atoms. The largest absolute Gasteiger partial charge is 0.324 e. The summed E-state index contributed by atoms with van der Waals surface area (Å²) in [6, 6.07) is 18.3. The second-order valence-corrected chi connectivity index (χ2v) is 6.28. The van der Waals surface area contributed by atoms with Gasteiger partial charge in [0.2, 0.25) is 5.95 Å². The maximum atomic E-state index is 12.6. The molecule has 1 heterocycles. The van der Waals surface area contributed by atoms with Crippen molar-refractivity contribution in [1.82, 2.24) is 9.97 Å². The van der Waals surface area contributed by atoms with Crippen LogP contribution in [0.2, 0.25) is 0 Å². The molecule has 0 radical (unpaired) electrons. The molecule has 0 atom stereocenters. The SMILES string of the molecule is CC(C)c1ccccc1NC(=O)c1ccnc(Nc2ccc(C#N)cc2)n1. The molecule has 0 aliphatic heterocycles. The number of nitriles is 1. The van der Waals surface area contributed by atoms with Crippen molar-refractivity contribution in [2.75, 3.05) is 10.6 Å². The van der Waals surface area contributed by atoms with E-state index in [0.29, 0.717) is 17.4 Å². The predicted octanol–water partition coefficient (Wildman–Crippen LogP) is 4.47. The van der Waals surface area contributed by atoms with Crippen LogP contribution in [0.5, 0.6) is 0 Å². The summed E-state index contributed by atoms with van der Waals surface area (Å²) >= 11 is 0. The first-order valence-corrected chi connectivity index (χ1v) is 8.57. The standard InChI is InChI=1S/C21H19N5O/c1-14(2)17-5-3-4-6-18(17)25-20(27)19-11-12-23-21(26-19)24-16-9-7-15(13-22)8-10-16/h3-12,14H,1-2H3,(H,25,27)(H,23,24,26). The van der Waals surface area contributed by atoms with E-state index in [9.17, 15) is 4.79 Å². The zero-order valence-electron chi connectivity index (χ0n) is 15.1. The molecule has 0 unspecified atom stereocenters. The smallest absolute Gasteiger partial charge is 0.274 e. The van der Waals surface area contributed by atoms with Crippen LogP contribution in [0.1, 0.15) is 41.4 Å². The van der Waals surface area contributed by atoms with Crippen LogP contribution in [0.3, 0.4) is 0 Å². The summed E-state index contributed by atoms with van der Waals surface area (Å²) in [5.74, 6) is 0.304. The molecule has 0 aliphatic rings. The van der Waals surface area contributed by atoms with E-state index in [2.05, 4.69) is 40.5 Å². The van der Waals surface area contributed by atoms with Crippen molar-refractivity contribution in [3.63, 3.8) is 0 Å². The molecule has 0 saturated heterocycles. The van der Waals surface area contributed by atoms with E-state index in [1.165, 1.54) is 6.20 Å². The van der Waals surface area contributed by atoms with E-state index in [1.807, 2.05) is 24.3 Å². The van der Waals surface area contributed by atoms with Gasteiger partial charge in [-0.05, 0) is 47.9 Å². The minimum absolute atomic E-state index is 0.264. The summed E-state index contributed by atoms with van der Waals surface area (Å²) in [6.07, 6.45) is 1.53. The number of benzene rings is 2. The number of carbonyl (C=O) groups excluding carboxylic acids is 1. The van der Waals surface area contributed by atoms with E-state index < -0.39 is 0 Å². The number of aromatic nitrogens is 2. The van der Waals surface area contributed by atoms with E-state index in [-0.39, 0.29) is 11.6 Å². The van der Waals surface area contributed by atoms with Crippen LogP contribution in [0.25, 0.3) is 0 Å². The molecular weight excluding hydrogens is 338 g/mol. The quantitative estimate of drug-likeness (QED) is 0.703. The zero-order valence-corrected chi connectivity index (χ0v) is 15.1. The predicted molar refractivity (Wildman–Crippen MR) is 105 cm³/mol. The van der Waals surface area contributed by atoms with Crippen molar-refractivity contribution in [1.29, 1.82) is 5.26 Å². The van der Waals surface area contributed by atoms with Crippen molar-refractivity contribution in [2.45, 2.75) is 19.8 Å². The average Bonchev–Trinajstić information content (AvgIpc) is 2.69. The Morgan fingerprint density at radius 1 is 1.07 bits per heavy atom. The van der Waals surface area contributed by atoms with Gasteiger partial charge in [-0.15, -0.1) is 0 Å². The summed E-state index contributed by atoms with van der Waals surface area (Å²) in [7, 11) is 0. The Labute approximate surface area is 157 Å². The van der Waals surface area contributed by atoms with Gasteiger partial charge >= 0.3 is 0 Å². The first-order valence-electron chi connectivity index (χ1n) is 8.57. The van der Waals surface area contributed by atoms with Gasteiger partial charge in [-0.1, -0.05) is 32.0 Å². The van der Waals surface area contributed by atoms with Gasteiger partial charge in [0.25, 0.3) is 5.91 Å². The minimum atomic E-state index is -0.298. The molecule has 134 valence electrons. The Morgan fingerprint density at radius 3 is 2.52 bits per heavy atom. The zero-order chi connectivity index (χ0) is 19.2. The number of para-hydroxylation sites is 1. The van der Waals surface area contributed by atoms with E-state index in [1.54, 1.807) is 30.3 Å². The third kappa shape index (κ3) is 4.47. The number of rotatable bonds is 5. The number of nitrogens with zero attached hydrogens (tertiary/aromatic N) is 3. The summed E-state index contributed by atoms with van der Waals surface area (Å²) in [4.78, 5) is 21.0. The number of carbonyl (C=O) groups is 1. The van der Waals surface area contributed by atoms with Crippen molar-refractivity contribution < 1.29 is 4.79 Å². The highest BCUT2D eigenvalue weighted by Gasteiger charge is 2.13. The van der Waals surface area contributed by atoms with Crippen LogP contribution < -0.4 is 10.6 Å². The van der Waals surface area contributed by atoms with Crippen molar-refractivity contribution in [3.8, 4) is 6.07 Å². The molecule has 1 aromatic heterocycles. The summed E-state index contributed by atoms with van der Waals surface area (Å²) in [5.41, 5.74) is 3.41. The first-order chi connectivity index (χ1) is 13.1. The Hall–Kier alpha value is -3.72. The third-order valence-corrected chi connectivity index (χ3v) is 3.99. The number of nitrogens with one attached hydrogen (secondary N) is 2. The number of amides is 1. The van der Waals surface area contributed by atoms with E-state index in [4.69, 9.17) is 5.26 Å². The van der Waals surface area contributed by atoms with Crippen LogP contribution >= 0.6 is 0 Å². The van der Waals surface area contributed by atoms with Gasteiger partial charge in [0, 0.05) is 17.6 Å². The van der Waals surface area contributed by atoms with Gasteiger partial charge in [0.15, 0.2) is 0 Å². The molecule has 6 nitrogen and oxygen atoms in total. The molecule has 0 saturated carbocycles. The van der Waals surface area contributed by atoms with E-state index >= 15 is 0 Å². The first kappa shape index (κ1) is 18.1.